The number of nitrogens with zero attached hydrogens (tertiary/aromatic N) is 1. The number of nitrogens with one attached hydrogen (secondary N) is 2. The van der Waals surface area contributed by atoms with Crippen LogP contribution < -0.4 is 10.6 Å². The molecule has 6 nitrogen and oxygen atoms in total. The van der Waals surface area contributed by atoms with Crippen LogP contribution in [-0.4, -0.2) is 50.4 Å². The molecular weight excluding hydrogens is 457 g/mol. The van der Waals surface area contributed by atoms with Crippen molar-refractivity contribution in [3.8, 4) is 0 Å². The molecule has 3 aliphatic carbocycles. The third kappa shape index (κ3) is 4.89. The fourth-order valence-corrected chi connectivity index (χ4v) is 4.90. The van der Waals surface area contributed by atoms with Crippen molar-refractivity contribution in [1.29, 1.82) is 0 Å². The number of aliphatic imine (C=N–C) groups is 1. The van der Waals surface area contributed by atoms with Gasteiger partial charge < -0.3 is 20.1 Å². The maximum atomic E-state index is 11.9. The van der Waals surface area contributed by atoms with E-state index in [1.807, 2.05) is 14.0 Å². The molecule has 1 spiro atoms. The van der Waals surface area contributed by atoms with Gasteiger partial charge in [0, 0.05) is 31.2 Å². The third-order valence-electron chi connectivity index (χ3n) is 6.66. The molecule has 3 fully saturated rings. The fourth-order valence-electron chi connectivity index (χ4n) is 4.90. The van der Waals surface area contributed by atoms with Gasteiger partial charge in [0.15, 0.2) is 5.96 Å². The molecule has 0 bridgehead atoms. The summed E-state index contributed by atoms with van der Waals surface area (Å²) >= 11 is 0. The number of guanidine groups is 1. The quantitative estimate of drug-likeness (QED) is 0.257. The lowest BCUT2D eigenvalue weighted by Gasteiger charge is -2.61. The summed E-state index contributed by atoms with van der Waals surface area (Å²) < 4.78 is 11.1. The van der Waals surface area contributed by atoms with Gasteiger partial charge in [0.1, 0.15) is 0 Å². The third-order valence-corrected chi connectivity index (χ3v) is 6.66. The molecule has 0 saturated heterocycles. The van der Waals surface area contributed by atoms with E-state index in [0.29, 0.717) is 30.2 Å². The highest BCUT2D eigenvalue weighted by Crippen LogP contribution is 2.57. The molecular formula is C20H36IN3O3. The maximum absolute atomic E-state index is 11.9. The Morgan fingerprint density at radius 1 is 1.11 bits per heavy atom. The van der Waals surface area contributed by atoms with E-state index in [0.717, 1.165) is 44.7 Å². The Hall–Kier alpha value is -0.570. The van der Waals surface area contributed by atoms with Gasteiger partial charge in [0.25, 0.3) is 0 Å². The first-order valence-electron chi connectivity index (χ1n) is 10.4. The van der Waals surface area contributed by atoms with Crippen LogP contribution in [0.5, 0.6) is 0 Å². The Balaban J connectivity index is 0.00000261. The summed E-state index contributed by atoms with van der Waals surface area (Å²) in [5, 5.41) is 7.23. The van der Waals surface area contributed by atoms with E-state index in [1.54, 1.807) is 0 Å². The van der Waals surface area contributed by atoms with Gasteiger partial charge in [-0.05, 0) is 58.8 Å². The summed E-state index contributed by atoms with van der Waals surface area (Å²) in [4.78, 5) is 16.3. The second-order valence-corrected chi connectivity index (χ2v) is 7.98. The van der Waals surface area contributed by atoms with Crippen molar-refractivity contribution in [2.45, 2.75) is 83.4 Å². The van der Waals surface area contributed by atoms with Crippen LogP contribution in [0.1, 0.15) is 65.2 Å². The number of hydrogen-bond acceptors (Lipinski definition) is 4. The molecule has 0 aromatic rings. The Labute approximate surface area is 180 Å². The largest absolute Gasteiger partial charge is 0.466 e. The average molecular weight is 493 g/mol. The van der Waals surface area contributed by atoms with Gasteiger partial charge in [0.2, 0.25) is 0 Å². The Kier molecular flexibility index (Phi) is 8.65. The van der Waals surface area contributed by atoms with Gasteiger partial charge in [-0.1, -0.05) is 6.42 Å². The number of esters is 1. The molecule has 3 aliphatic rings. The molecule has 2 unspecified atom stereocenters. The highest BCUT2D eigenvalue weighted by Gasteiger charge is 2.59. The first-order valence-corrected chi connectivity index (χ1v) is 10.4. The number of rotatable bonds is 6. The Bertz CT molecular complexity index is 517. The zero-order chi connectivity index (χ0) is 18.6. The molecule has 0 aromatic heterocycles. The van der Waals surface area contributed by atoms with Crippen molar-refractivity contribution in [3.05, 3.63) is 0 Å². The van der Waals surface area contributed by atoms with Crippen LogP contribution >= 0.6 is 24.0 Å². The van der Waals surface area contributed by atoms with E-state index >= 15 is 0 Å². The predicted octanol–water partition coefficient (Wildman–Crippen LogP) is 3.24. The molecule has 3 saturated carbocycles. The van der Waals surface area contributed by atoms with Gasteiger partial charge in [-0.3, -0.25) is 9.79 Å². The van der Waals surface area contributed by atoms with Crippen molar-refractivity contribution >= 4 is 35.9 Å². The minimum atomic E-state index is -0.0307. The second kappa shape index (κ2) is 10.3. The summed E-state index contributed by atoms with van der Waals surface area (Å²) in [6, 6.07) is 0.849. The fraction of sp³-hybridized carbons (Fsp3) is 0.900. The van der Waals surface area contributed by atoms with Gasteiger partial charge in [-0.2, -0.15) is 0 Å². The van der Waals surface area contributed by atoms with Gasteiger partial charge in [0.05, 0.1) is 18.6 Å². The molecule has 2 atom stereocenters. The SMILES string of the molecule is CCOC(=O)C1CCC(NC(=NC)NC2CC(OCC)C23CCC3)CC1.I. The summed E-state index contributed by atoms with van der Waals surface area (Å²) in [6.45, 7) is 5.22. The molecule has 0 aromatic carbocycles. The van der Waals surface area contributed by atoms with Crippen LogP contribution in [0, 0.1) is 11.3 Å². The monoisotopic (exact) mass is 493 g/mol. The van der Waals surface area contributed by atoms with Crippen LogP contribution in [0.3, 0.4) is 0 Å². The van der Waals surface area contributed by atoms with Crippen molar-refractivity contribution in [1.82, 2.24) is 10.6 Å². The van der Waals surface area contributed by atoms with Crippen LogP contribution in [0.25, 0.3) is 0 Å². The van der Waals surface area contributed by atoms with E-state index in [4.69, 9.17) is 9.47 Å². The number of hydrogen-bond donors (Lipinski definition) is 2. The van der Waals surface area contributed by atoms with Crippen molar-refractivity contribution in [2.75, 3.05) is 20.3 Å². The number of carbonyl (C=O) groups is 1. The van der Waals surface area contributed by atoms with Crippen LogP contribution in [-0.2, 0) is 14.3 Å². The van der Waals surface area contributed by atoms with E-state index in [1.165, 1.54) is 19.3 Å². The zero-order valence-corrected chi connectivity index (χ0v) is 19.3. The Morgan fingerprint density at radius 2 is 1.81 bits per heavy atom. The van der Waals surface area contributed by atoms with E-state index in [2.05, 4.69) is 22.5 Å². The molecule has 0 radical (unpaired) electrons. The molecule has 3 rings (SSSR count). The van der Waals surface area contributed by atoms with Gasteiger partial charge in [-0.15, -0.1) is 24.0 Å². The lowest BCUT2D eigenvalue weighted by Crippen LogP contribution is -2.69. The number of ether oxygens (including phenoxy) is 2. The minimum absolute atomic E-state index is 0. The van der Waals surface area contributed by atoms with E-state index in [-0.39, 0.29) is 35.9 Å². The lowest BCUT2D eigenvalue weighted by molar-refractivity contribution is -0.168. The van der Waals surface area contributed by atoms with Gasteiger partial charge in [-0.25, -0.2) is 0 Å². The number of halogens is 1. The molecule has 156 valence electrons. The standard InChI is InChI=1S/C20H35N3O3.HI/c1-4-25-17-13-16(20(17)11-6-12-20)23-19(21-3)22-15-9-7-14(8-10-15)18(24)26-5-2;/h14-17H,4-13H2,1-3H3,(H2,21,22,23);1H. The minimum Gasteiger partial charge on any atom is -0.466 e. The highest BCUT2D eigenvalue weighted by atomic mass is 127. The molecule has 7 heteroatoms. The lowest BCUT2D eigenvalue weighted by atomic mass is 9.51. The Morgan fingerprint density at radius 3 is 2.33 bits per heavy atom. The predicted molar refractivity (Wildman–Crippen MR) is 118 cm³/mol. The van der Waals surface area contributed by atoms with Crippen LogP contribution in [0.4, 0.5) is 0 Å². The zero-order valence-electron chi connectivity index (χ0n) is 17.0. The first-order chi connectivity index (χ1) is 12.6. The molecule has 0 heterocycles. The van der Waals surface area contributed by atoms with Crippen LogP contribution in [0.2, 0.25) is 0 Å². The average Bonchev–Trinajstić information content (AvgIpc) is 2.59. The molecule has 0 amide bonds. The van der Waals surface area contributed by atoms with Crippen molar-refractivity contribution in [3.63, 3.8) is 0 Å². The molecule has 2 N–H and O–H groups in total. The van der Waals surface area contributed by atoms with Crippen LogP contribution in [0.15, 0.2) is 4.99 Å². The topological polar surface area (TPSA) is 72.0 Å². The number of carbonyl (C=O) groups excluding carboxylic acids is 1. The summed E-state index contributed by atoms with van der Waals surface area (Å²) in [5.74, 6) is 0.937. The second-order valence-electron chi connectivity index (χ2n) is 7.98. The summed E-state index contributed by atoms with van der Waals surface area (Å²) in [6.07, 6.45) is 9.09. The van der Waals surface area contributed by atoms with Crippen molar-refractivity contribution in [2.24, 2.45) is 16.3 Å². The van der Waals surface area contributed by atoms with Gasteiger partial charge >= 0.3 is 5.97 Å². The summed E-state index contributed by atoms with van der Waals surface area (Å²) in [7, 11) is 1.84. The van der Waals surface area contributed by atoms with E-state index in [9.17, 15) is 4.79 Å². The maximum Gasteiger partial charge on any atom is 0.308 e. The molecule has 27 heavy (non-hydrogen) atoms. The van der Waals surface area contributed by atoms with E-state index < -0.39 is 0 Å². The normalized spacial score (nSPS) is 31.9. The first kappa shape index (κ1) is 22.7. The highest BCUT2D eigenvalue weighted by molar-refractivity contribution is 14.0. The smallest absolute Gasteiger partial charge is 0.308 e. The summed E-state index contributed by atoms with van der Waals surface area (Å²) in [5.41, 5.74) is 0.329. The van der Waals surface area contributed by atoms with Crippen molar-refractivity contribution < 1.29 is 14.3 Å². The molecule has 0 aliphatic heterocycles.